The Morgan fingerprint density at radius 1 is 0.722 bits per heavy atom. The molecular formula is C15H32Si3. The van der Waals surface area contributed by atoms with Gasteiger partial charge in [0.25, 0.3) is 0 Å². The molecule has 0 fully saturated rings. The summed E-state index contributed by atoms with van der Waals surface area (Å²) in [4.78, 5) is 0. The van der Waals surface area contributed by atoms with Gasteiger partial charge in [-0.2, -0.15) is 0 Å². The average molecular weight is 297 g/mol. The summed E-state index contributed by atoms with van der Waals surface area (Å²) < 4.78 is 0. The molecule has 1 aliphatic carbocycles. The van der Waals surface area contributed by atoms with Crippen molar-refractivity contribution < 1.29 is 0 Å². The SMILES string of the molecule is CC(C)(C)[Si](C)(C)[Si](=C1C=C1)[Si](C)(C)C(C)(C)C. The zero-order chi connectivity index (χ0) is 14.6. The van der Waals surface area contributed by atoms with E-state index >= 15 is 0 Å². The van der Waals surface area contributed by atoms with E-state index in [4.69, 9.17) is 0 Å². The van der Waals surface area contributed by atoms with Crippen molar-refractivity contribution in [2.24, 2.45) is 0 Å². The van der Waals surface area contributed by atoms with Gasteiger partial charge in [-0.1, -0.05) is 85.1 Å². The molecule has 3 heteroatoms. The Morgan fingerprint density at radius 3 is 1.17 bits per heavy atom. The van der Waals surface area contributed by atoms with E-state index in [1.165, 1.54) is 0 Å². The lowest BCUT2D eigenvalue weighted by Gasteiger charge is -2.49. The third-order valence-corrected chi connectivity index (χ3v) is 41.5. The molecule has 0 heterocycles. The van der Waals surface area contributed by atoms with Crippen molar-refractivity contribution in [3.63, 3.8) is 0 Å². The molecule has 0 saturated heterocycles. The van der Waals surface area contributed by atoms with Crippen LogP contribution in [0.4, 0.5) is 0 Å². The maximum atomic E-state index is 2.66. The van der Waals surface area contributed by atoms with Crippen LogP contribution in [0.5, 0.6) is 0 Å². The first-order valence-corrected chi connectivity index (χ1v) is 16.7. The fourth-order valence-electron chi connectivity index (χ4n) is 2.46. The minimum atomic E-state index is -1.22. The first-order chi connectivity index (χ1) is 7.73. The van der Waals surface area contributed by atoms with Crippen LogP contribution in [-0.4, -0.2) is 27.8 Å². The monoisotopic (exact) mass is 296 g/mol. The van der Waals surface area contributed by atoms with Crippen molar-refractivity contribution in [2.45, 2.75) is 77.8 Å². The summed E-state index contributed by atoms with van der Waals surface area (Å²) in [5.41, 5.74) is 0. The first kappa shape index (κ1) is 16.3. The second-order valence-corrected chi connectivity index (χ2v) is 31.7. The van der Waals surface area contributed by atoms with E-state index in [2.05, 4.69) is 79.9 Å². The third kappa shape index (κ3) is 2.73. The van der Waals surface area contributed by atoms with Crippen LogP contribution in [0, 0.1) is 0 Å². The Morgan fingerprint density at radius 2 is 1.00 bits per heavy atom. The smallest absolute Gasteiger partial charge is 0.0612 e. The van der Waals surface area contributed by atoms with Gasteiger partial charge in [-0.25, -0.2) is 0 Å². The predicted molar refractivity (Wildman–Crippen MR) is 94.3 cm³/mol. The van der Waals surface area contributed by atoms with Gasteiger partial charge in [0.1, 0.15) is 0 Å². The second-order valence-electron chi connectivity index (χ2n) is 8.91. The Balaban J connectivity index is 3.37. The zero-order valence-electron chi connectivity index (χ0n) is 14.2. The van der Waals surface area contributed by atoms with Crippen molar-refractivity contribution in [3.05, 3.63) is 12.2 Å². The lowest BCUT2D eigenvalue weighted by molar-refractivity contribution is 0.728. The van der Waals surface area contributed by atoms with Crippen LogP contribution >= 0.6 is 0 Å². The van der Waals surface area contributed by atoms with Gasteiger partial charge in [0.2, 0.25) is 0 Å². The molecule has 1 rings (SSSR count). The van der Waals surface area contributed by atoms with Gasteiger partial charge in [-0.05, 0) is 10.1 Å². The minimum Gasteiger partial charge on any atom is -0.0687 e. The Bertz CT molecular complexity index is 362. The van der Waals surface area contributed by atoms with Crippen molar-refractivity contribution in [1.29, 1.82) is 0 Å². The summed E-state index contributed by atoms with van der Waals surface area (Å²) in [6.45, 7) is 25.6. The van der Waals surface area contributed by atoms with E-state index in [0.717, 1.165) is 0 Å². The van der Waals surface area contributed by atoms with Crippen LogP contribution < -0.4 is 0 Å². The molecular weight excluding hydrogens is 264 g/mol. The van der Waals surface area contributed by atoms with Gasteiger partial charge < -0.3 is 0 Å². The van der Waals surface area contributed by atoms with Crippen molar-refractivity contribution in [3.8, 4) is 0 Å². The molecule has 0 aromatic heterocycles. The van der Waals surface area contributed by atoms with Crippen LogP contribution in [-0.2, 0) is 0 Å². The summed E-state index contributed by atoms with van der Waals surface area (Å²) >= 11 is 0. The van der Waals surface area contributed by atoms with Gasteiger partial charge in [-0.15, -0.1) is 0 Å². The zero-order valence-corrected chi connectivity index (χ0v) is 17.2. The quantitative estimate of drug-likeness (QED) is 0.631. The molecule has 0 aliphatic heterocycles. The standard InChI is InChI=1S/C15H32Si3/c1-14(2,3)17(7,8)16(13-11-12-13)18(9,10)15(4,5)6/h11-12H,1-10H3. The van der Waals surface area contributed by atoms with Crippen LogP contribution in [0.3, 0.4) is 0 Å². The predicted octanol–water partition coefficient (Wildman–Crippen LogP) is 4.98. The van der Waals surface area contributed by atoms with E-state index in [-0.39, 0.29) is 7.44 Å². The van der Waals surface area contributed by atoms with Gasteiger partial charge in [-0.3, -0.25) is 0 Å². The third-order valence-electron chi connectivity index (χ3n) is 5.62. The molecule has 0 aromatic carbocycles. The summed E-state index contributed by atoms with van der Waals surface area (Å²) in [6.07, 6.45) is 4.85. The van der Waals surface area contributed by atoms with E-state index < -0.39 is 15.2 Å². The number of hydrogen-bond donors (Lipinski definition) is 0. The van der Waals surface area contributed by atoms with Crippen molar-refractivity contribution in [1.82, 2.24) is 0 Å². The molecule has 0 saturated carbocycles. The van der Waals surface area contributed by atoms with E-state index in [1.807, 2.05) is 0 Å². The fourth-order valence-corrected chi connectivity index (χ4v) is 42.7. The second kappa shape index (κ2) is 4.39. The van der Waals surface area contributed by atoms with E-state index in [9.17, 15) is 0 Å². The van der Waals surface area contributed by atoms with E-state index in [1.54, 1.807) is 5.17 Å². The van der Waals surface area contributed by atoms with Crippen molar-refractivity contribution in [2.75, 3.05) is 0 Å². The molecule has 0 bridgehead atoms. The maximum Gasteiger partial charge on any atom is 0.0612 e. The molecule has 0 atom stereocenters. The van der Waals surface area contributed by atoms with Gasteiger partial charge >= 0.3 is 0 Å². The molecule has 0 aromatic rings. The molecule has 1 aliphatic rings. The summed E-state index contributed by atoms with van der Waals surface area (Å²) in [6, 6.07) is 0. The molecule has 0 unspecified atom stereocenters. The first-order valence-electron chi connectivity index (χ1n) is 7.16. The summed E-state index contributed by atoms with van der Waals surface area (Å²) in [7, 11) is -2.77. The topological polar surface area (TPSA) is 0 Å². The summed E-state index contributed by atoms with van der Waals surface area (Å²) in [5.74, 6) is 0. The highest BCUT2D eigenvalue weighted by molar-refractivity contribution is 7.63. The number of allylic oxidation sites excluding steroid dienone is 2. The Hall–Kier alpha value is 0.261. The highest BCUT2D eigenvalue weighted by Crippen LogP contribution is 2.44. The molecule has 18 heavy (non-hydrogen) atoms. The lowest BCUT2D eigenvalue weighted by Crippen LogP contribution is -2.64. The minimum absolute atomic E-state index is 0.334. The largest absolute Gasteiger partial charge is 0.0687 e. The average Bonchev–Trinajstić information content (AvgIpc) is 2.82. The van der Waals surface area contributed by atoms with Gasteiger partial charge in [0.05, 0.1) is 15.2 Å². The molecule has 0 N–H and O–H groups in total. The highest BCUT2D eigenvalue weighted by atomic mass is 29.6. The molecule has 0 nitrogen and oxygen atoms in total. The van der Waals surface area contributed by atoms with Gasteiger partial charge in [0.15, 0.2) is 0 Å². The normalized spacial score (nSPS) is 17.1. The fraction of sp³-hybridized carbons (Fsp3) is 0.800. The maximum absolute atomic E-state index is 2.66. The van der Waals surface area contributed by atoms with Crippen LogP contribution in [0.15, 0.2) is 12.2 Å². The Kier molecular flexibility index (Phi) is 3.97. The lowest BCUT2D eigenvalue weighted by atomic mass is 10.2. The molecule has 0 spiro atoms. The molecule has 0 radical (unpaired) electrons. The van der Waals surface area contributed by atoms with Gasteiger partial charge in [0, 0.05) is 7.44 Å². The molecule has 104 valence electrons. The number of hydrogen-bond acceptors (Lipinski definition) is 0. The number of rotatable bonds is 2. The summed E-state index contributed by atoms with van der Waals surface area (Å²) in [5, 5.41) is 2.83. The molecule has 0 amide bonds. The van der Waals surface area contributed by atoms with Crippen molar-refractivity contribution >= 4 is 27.8 Å². The van der Waals surface area contributed by atoms with Crippen LogP contribution in [0.25, 0.3) is 0 Å². The highest BCUT2D eigenvalue weighted by Gasteiger charge is 2.51. The van der Waals surface area contributed by atoms with Crippen LogP contribution in [0.2, 0.25) is 36.3 Å². The van der Waals surface area contributed by atoms with Crippen LogP contribution in [0.1, 0.15) is 41.5 Å². The Labute approximate surface area is 118 Å². The van der Waals surface area contributed by atoms with E-state index in [0.29, 0.717) is 10.1 Å².